The standard InChI is InChI=1S/C20H20N2O4/c1-3-20(14-9-5-4-6-10-14)18(24)22(19(25)21-20)13-16(23)15-11-7-8-12-17(15)26-2/h4-12H,3,13H2,1-2H3,(H,21,25)/t20-/m1/s1. The molecule has 1 N–H and O–H groups in total. The lowest BCUT2D eigenvalue weighted by atomic mass is 9.87. The third-order valence-corrected chi connectivity index (χ3v) is 4.68. The van der Waals surface area contributed by atoms with E-state index < -0.39 is 17.5 Å². The van der Waals surface area contributed by atoms with E-state index in [1.54, 1.807) is 36.4 Å². The van der Waals surface area contributed by atoms with E-state index in [0.29, 0.717) is 23.3 Å². The van der Waals surface area contributed by atoms with Crippen LogP contribution in [0.3, 0.4) is 0 Å². The number of ketones is 1. The van der Waals surface area contributed by atoms with E-state index in [2.05, 4.69) is 5.32 Å². The van der Waals surface area contributed by atoms with Crippen LogP contribution in [0.5, 0.6) is 5.75 Å². The summed E-state index contributed by atoms with van der Waals surface area (Å²) in [6.07, 6.45) is 0.390. The van der Waals surface area contributed by atoms with Crippen LogP contribution in [0, 0.1) is 0 Å². The number of amides is 3. The van der Waals surface area contributed by atoms with Crippen LogP contribution < -0.4 is 10.1 Å². The normalized spacial score (nSPS) is 19.4. The molecule has 0 radical (unpaired) electrons. The van der Waals surface area contributed by atoms with Gasteiger partial charge in [0.2, 0.25) is 0 Å². The van der Waals surface area contributed by atoms with Crippen LogP contribution in [0.1, 0.15) is 29.3 Å². The van der Waals surface area contributed by atoms with Gasteiger partial charge in [0.15, 0.2) is 5.78 Å². The Morgan fingerprint density at radius 3 is 2.38 bits per heavy atom. The van der Waals surface area contributed by atoms with Gasteiger partial charge in [-0.25, -0.2) is 4.79 Å². The molecule has 6 nitrogen and oxygen atoms in total. The summed E-state index contributed by atoms with van der Waals surface area (Å²) in [4.78, 5) is 39.1. The lowest BCUT2D eigenvalue weighted by molar-refractivity contribution is -0.131. The number of rotatable bonds is 6. The highest BCUT2D eigenvalue weighted by molar-refractivity contribution is 6.11. The zero-order valence-corrected chi connectivity index (χ0v) is 14.7. The fourth-order valence-corrected chi connectivity index (χ4v) is 3.24. The lowest BCUT2D eigenvalue weighted by Gasteiger charge is -2.25. The van der Waals surface area contributed by atoms with Crippen molar-refractivity contribution in [3.05, 3.63) is 65.7 Å². The van der Waals surface area contributed by atoms with Crippen LogP contribution in [0.15, 0.2) is 54.6 Å². The van der Waals surface area contributed by atoms with E-state index in [9.17, 15) is 14.4 Å². The Balaban J connectivity index is 1.89. The molecular weight excluding hydrogens is 332 g/mol. The zero-order valence-electron chi connectivity index (χ0n) is 14.7. The van der Waals surface area contributed by atoms with E-state index in [-0.39, 0.29) is 12.3 Å². The number of hydrogen-bond donors (Lipinski definition) is 1. The maximum Gasteiger partial charge on any atom is 0.325 e. The monoisotopic (exact) mass is 352 g/mol. The van der Waals surface area contributed by atoms with Crippen LogP contribution >= 0.6 is 0 Å². The summed E-state index contributed by atoms with van der Waals surface area (Å²) in [5.41, 5.74) is -0.100. The Hall–Kier alpha value is -3.15. The highest BCUT2D eigenvalue weighted by Crippen LogP contribution is 2.32. The van der Waals surface area contributed by atoms with Crippen LogP contribution in [0.2, 0.25) is 0 Å². The number of para-hydroxylation sites is 1. The Labute approximate surface area is 151 Å². The van der Waals surface area contributed by atoms with Crippen LogP contribution in [-0.4, -0.2) is 36.3 Å². The molecule has 2 aromatic carbocycles. The Kier molecular flexibility index (Phi) is 4.75. The van der Waals surface area contributed by atoms with Crippen molar-refractivity contribution in [3.63, 3.8) is 0 Å². The number of imide groups is 1. The van der Waals surface area contributed by atoms with Gasteiger partial charge in [0, 0.05) is 0 Å². The summed E-state index contributed by atoms with van der Waals surface area (Å²) in [6.45, 7) is 1.50. The number of benzene rings is 2. The first-order valence-electron chi connectivity index (χ1n) is 8.39. The highest BCUT2D eigenvalue weighted by Gasteiger charge is 2.51. The minimum Gasteiger partial charge on any atom is -0.496 e. The molecule has 6 heteroatoms. The molecule has 2 aromatic rings. The average molecular weight is 352 g/mol. The largest absolute Gasteiger partial charge is 0.496 e. The van der Waals surface area contributed by atoms with E-state index in [4.69, 9.17) is 4.74 Å². The molecular formula is C20H20N2O4. The Morgan fingerprint density at radius 1 is 1.08 bits per heavy atom. The number of hydrogen-bond acceptors (Lipinski definition) is 4. The quantitative estimate of drug-likeness (QED) is 0.641. The summed E-state index contributed by atoms with van der Waals surface area (Å²) in [5, 5.41) is 2.77. The van der Waals surface area contributed by atoms with Gasteiger partial charge in [0.25, 0.3) is 5.91 Å². The van der Waals surface area contributed by atoms with Crippen molar-refractivity contribution >= 4 is 17.7 Å². The van der Waals surface area contributed by atoms with Crippen molar-refractivity contribution in [3.8, 4) is 5.75 Å². The lowest BCUT2D eigenvalue weighted by Crippen LogP contribution is -2.43. The summed E-state index contributed by atoms with van der Waals surface area (Å²) >= 11 is 0. The van der Waals surface area contributed by atoms with E-state index >= 15 is 0 Å². The van der Waals surface area contributed by atoms with Gasteiger partial charge in [-0.15, -0.1) is 0 Å². The SMILES string of the molecule is CC[C@]1(c2ccccc2)NC(=O)N(CC(=O)c2ccccc2OC)C1=O. The molecule has 1 atom stereocenters. The van der Waals surface area contributed by atoms with Gasteiger partial charge in [-0.3, -0.25) is 14.5 Å². The molecule has 0 spiro atoms. The molecule has 0 saturated carbocycles. The molecule has 1 aliphatic heterocycles. The summed E-state index contributed by atoms with van der Waals surface area (Å²) in [7, 11) is 1.47. The smallest absolute Gasteiger partial charge is 0.325 e. The summed E-state index contributed by atoms with van der Waals surface area (Å²) < 4.78 is 5.19. The Bertz CT molecular complexity index is 850. The number of carbonyl (C=O) groups is 3. The Morgan fingerprint density at radius 2 is 1.73 bits per heavy atom. The molecule has 1 fully saturated rings. The first-order chi connectivity index (χ1) is 12.5. The maximum atomic E-state index is 13.0. The molecule has 1 saturated heterocycles. The molecule has 0 aliphatic carbocycles. The van der Waals surface area contributed by atoms with E-state index in [0.717, 1.165) is 4.90 Å². The minimum absolute atomic E-state index is 0.334. The van der Waals surface area contributed by atoms with Gasteiger partial charge in [0.1, 0.15) is 11.3 Å². The third-order valence-electron chi connectivity index (χ3n) is 4.68. The van der Waals surface area contributed by atoms with Crippen LogP contribution in [0.4, 0.5) is 4.79 Å². The number of nitrogens with zero attached hydrogens (tertiary/aromatic N) is 1. The second kappa shape index (κ2) is 7.00. The average Bonchev–Trinajstić information content (AvgIpc) is 2.93. The van der Waals surface area contributed by atoms with Crippen molar-refractivity contribution in [2.24, 2.45) is 0 Å². The van der Waals surface area contributed by atoms with Gasteiger partial charge in [-0.1, -0.05) is 49.4 Å². The van der Waals surface area contributed by atoms with Gasteiger partial charge in [-0.2, -0.15) is 0 Å². The molecule has 1 heterocycles. The highest BCUT2D eigenvalue weighted by atomic mass is 16.5. The fraction of sp³-hybridized carbons (Fsp3) is 0.250. The first kappa shape index (κ1) is 17.7. The van der Waals surface area contributed by atoms with E-state index in [1.165, 1.54) is 7.11 Å². The van der Waals surface area contributed by atoms with Gasteiger partial charge in [-0.05, 0) is 24.1 Å². The molecule has 3 amide bonds. The fourth-order valence-electron chi connectivity index (χ4n) is 3.24. The number of ether oxygens (including phenoxy) is 1. The van der Waals surface area contributed by atoms with Crippen LogP contribution in [-0.2, 0) is 10.3 Å². The van der Waals surface area contributed by atoms with Crippen molar-refractivity contribution < 1.29 is 19.1 Å². The predicted molar refractivity (Wildman–Crippen MR) is 96.0 cm³/mol. The number of methoxy groups -OCH3 is 1. The number of Topliss-reactive ketones (excluding diaryl/α,β-unsaturated/α-hetero) is 1. The molecule has 0 aromatic heterocycles. The van der Waals surface area contributed by atoms with Gasteiger partial charge in [0.05, 0.1) is 19.2 Å². The van der Waals surface area contributed by atoms with Crippen molar-refractivity contribution in [1.29, 1.82) is 0 Å². The van der Waals surface area contributed by atoms with Gasteiger partial charge >= 0.3 is 6.03 Å². The number of urea groups is 1. The number of nitrogens with one attached hydrogen (secondary N) is 1. The van der Waals surface area contributed by atoms with Crippen molar-refractivity contribution in [1.82, 2.24) is 10.2 Å². The third kappa shape index (κ3) is 2.83. The molecule has 134 valence electrons. The maximum absolute atomic E-state index is 13.0. The molecule has 3 rings (SSSR count). The second-order valence-corrected chi connectivity index (χ2v) is 6.07. The van der Waals surface area contributed by atoms with Crippen LogP contribution in [0.25, 0.3) is 0 Å². The molecule has 1 aliphatic rings. The minimum atomic E-state index is -1.14. The van der Waals surface area contributed by atoms with E-state index in [1.807, 2.05) is 25.1 Å². The number of carbonyl (C=O) groups excluding carboxylic acids is 3. The second-order valence-electron chi connectivity index (χ2n) is 6.07. The molecule has 26 heavy (non-hydrogen) atoms. The van der Waals surface area contributed by atoms with Crippen molar-refractivity contribution in [2.75, 3.05) is 13.7 Å². The topological polar surface area (TPSA) is 75.7 Å². The predicted octanol–water partition coefficient (Wildman–Crippen LogP) is 2.74. The molecule has 0 bridgehead atoms. The van der Waals surface area contributed by atoms with Crippen molar-refractivity contribution in [2.45, 2.75) is 18.9 Å². The summed E-state index contributed by atoms with van der Waals surface area (Å²) in [6, 6.07) is 15.2. The first-order valence-corrected chi connectivity index (χ1v) is 8.39. The summed E-state index contributed by atoms with van der Waals surface area (Å²) in [5.74, 6) is -0.361. The van der Waals surface area contributed by atoms with Gasteiger partial charge < -0.3 is 10.1 Å². The zero-order chi connectivity index (χ0) is 18.7. The molecule has 0 unspecified atom stereocenters.